The van der Waals surface area contributed by atoms with Gasteiger partial charge in [0.15, 0.2) is 5.65 Å². The van der Waals surface area contributed by atoms with Crippen LogP contribution in [-0.2, 0) is 27.9 Å². The predicted molar refractivity (Wildman–Crippen MR) is 166 cm³/mol. The van der Waals surface area contributed by atoms with Crippen molar-refractivity contribution in [2.24, 2.45) is 0 Å². The van der Waals surface area contributed by atoms with E-state index in [9.17, 15) is 27.9 Å². The summed E-state index contributed by atoms with van der Waals surface area (Å²) >= 11 is 0. The molecule has 11 nitrogen and oxygen atoms in total. The number of aromatic nitrogens is 3. The summed E-state index contributed by atoms with van der Waals surface area (Å²) in [7, 11) is 0. The number of carbonyl (C=O) groups excluding carboxylic acids is 1. The molecule has 0 saturated carbocycles. The lowest BCUT2D eigenvalue weighted by Gasteiger charge is -2.43. The van der Waals surface area contributed by atoms with Crippen molar-refractivity contribution in [1.82, 2.24) is 29.3 Å². The lowest BCUT2D eigenvalue weighted by atomic mass is 9.90. The molecule has 0 radical (unpaired) electrons. The van der Waals surface area contributed by atoms with Gasteiger partial charge in [-0.2, -0.15) is 8.78 Å². The van der Waals surface area contributed by atoms with Gasteiger partial charge in [-0.25, -0.2) is 18.3 Å². The molecule has 2 fully saturated rings. The molecule has 250 valence electrons. The molecule has 3 aliphatic heterocycles. The summed E-state index contributed by atoms with van der Waals surface area (Å²) < 4.78 is 48.5. The topological polar surface area (TPSA) is 108 Å². The second kappa shape index (κ2) is 12.4. The third kappa shape index (κ3) is 6.58. The Bertz CT molecular complexity index is 1650. The number of pyridine rings is 1. The van der Waals surface area contributed by atoms with Crippen molar-refractivity contribution in [3.8, 4) is 0 Å². The van der Waals surface area contributed by atoms with E-state index >= 15 is 0 Å². The third-order valence-electron chi connectivity index (χ3n) is 9.35. The van der Waals surface area contributed by atoms with Gasteiger partial charge in [-0.1, -0.05) is 26.0 Å². The Balaban J connectivity index is 1.37. The number of morpholine rings is 1. The number of carbonyl (C=O) groups is 1. The first-order valence-corrected chi connectivity index (χ1v) is 15.8. The van der Waals surface area contributed by atoms with Crippen LogP contribution in [-0.4, -0.2) is 112 Å². The number of piperazine rings is 1. The summed E-state index contributed by atoms with van der Waals surface area (Å²) in [5.41, 5.74) is 0.809. The molecule has 1 aromatic carbocycles. The number of rotatable bonds is 8. The minimum absolute atomic E-state index is 0.105. The Morgan fingerprint density at radius 1 is 1.20 bits per heavy atom. The van der Waals surface area contributed by atoms with Crippen LogP contribution < -0.4 is 15.9 Å². The maximum atomic E-state index is 14.2. The fourth-order valence-corrected chi connectivity index (χ4v) is 7.07. The maximum Gasteiger partial charge on any atom is 0.373 e. The fourth-order valence-electron chi connectivity index (χ4n) is 7.07. The molecule has 0 spiro atoms. The van der Waals surface area contributed by atoms with Gasteiger partial charge in [0.05, 0.1) is 31.1 Å². The highest BCUT2D eigenvalue weighted by Crippen LogP contribution is 2.42. The average molecular weight is 646 g/mol. The zero-order chi connectivity index (χ0) is 33.0. The number of ether oxygens (including phenoxy) is 1. The zero-order valence-electron chi connectivity index (χ0n) is 26.7. The summed E-state index contributed by atoms with van der Waals surface area (Å²) in [6, 6.07) is 8.22. The monoisotopic (exact) mass is 645 g/mol. The Labute approximate surface area is 265 Å². The van der Waals surface area contributed by atoms with E-state index in [1.165, 1.54) is 16.5 Å². The molecular formula is C32H42F3N7O4. The molecule has 5 heterocycles. The molecule has 0 unspecified atom stereocenters. The van der Waals surface area contributed by atoms with E-state index in [0.29, 0.717) is 46.9 Å². The highest BCUT2D eigenvalue weighted by molar-refractivity contribution is 5.97. The standard InChI is InChI=1S/C32H42F3N7O4/c1-20-14-39(25(13-36-20)15-38-9-10-46-17-21(38)2)16-27(43)40-18-31(3,4)28-26(40)12-23(11-22-5-7-24(33)8-6-22)29-37-41(19-32(34,35)45)30(44)42(28)29/h5-8,12,20-21,25,36,45H,9-11,13-19H2,1-4H3/t20-,21-,25-/m1/s1. The molecule has 2 aromatic heterocycles. The lowest BCUT2D eigenvalue weighted by molar-refractivity contribution is -0.210. The average Bonchev–Trinajstić information content (AvgIpc) is 3.43. The number of amides is 1. The van der Waals surface area contributed by atoms with Crippen LogP contribution in [0.4, 0.5) is 18.9 Å². The summed E-state index contributed by atoms with van der Waals surface area (Å²) in [5, 5.41) is 17.0. The Morgan fingerprint density at radius 3 is 2.63 bits per heavy atom. The van der Waals surface area contributed by atoms with Gasteiger partial charge in [-0.05, 0) is 37.6 Å². The molecule has 3 aromatic rings. The van der Waals surface area contributed by atoms with Crippen LogP contribution in [0.25, 0.3) is 5.65 Å². The summed E-state index contributed by atoms with van der Waals surface area (Å²) in [6.45, 7) is 11.6. The molecule has 3 atom stereocenters. The van der Waals surface area contributed by atoms with E-state index in [0.717, 1.165) is 19.6 Å². The van der Waals surface area contributed by atoms with Crippen LogP contribution in [0.15, 0.2) is 35.1 Å². The van der Waals surface area contributed by atoms with Gasteiger partial charge in [-0.15, -0.1) is 5.10 Å². The van der Waals surface area contributed by atoms with Gasteiger partial charge in [0.25, 0.3) is 0 Å². The zero-order valence-corrected chi connectivity index (χ0v) is 26.7. The molecule has 14 heteroatoms. The Morgan fingerprint density at radius 2 is 1.93 bits per heavy atom. The van der Waals surface area contributed by atoms with Crippen molar-refractivity contribution in [1.29, 1.82) is 0 Å². The highest BCUT2D eigenvalue weighted by atomic mass is 19.3. The maximum absolute atomic E-state index is 14.2. The first kappa shape index (κ1) is 32.6. The number of hydrogen-bond acceptors (Lipinski definition) is 8. The van der Waals surface area contributed by atoms with Crippen molar-refractivity contribution >= 4 is 17.2 Å². The number of nitrogens with zero attached hydrogens (tertiary/aromatic N) is 6. The van der Waals surface area contributed by atoms with E-state index in [-0.39, 0.29) is 49.2 Å². The van der Waals surface area contributed by atoms with E-state index in [1.807, 2.05) is 13.8 Å². The smallest absolute Gasteiger partial charge is 0.373 e. The minimum atomic E-state index is -4.16. The number of fused-ring (bicyclic) bond motifs is 3. The molecule has 3 aliphatic rings. The van der Waals surface area contributed by atoms with Gasteiger partial charge < -0.3 is 20.1 Å². The first-order chi connectivity index (χ1) is 21.7. The summed E-state index contributed by atoms with van der Waals surface area (Å²) in [5.74, 6) is -0.536. The van der Waals surface area contributed by atoms with Crippen LogP contribution in [0.2, 0.25) is 0 Å². The van der Waals surface area contributed by atoms with Crippen LogP contribution in [0, 0.1) is 5.82 Å². The number of halogens is 3. The van der Waals surface area contributed by atoms with Crippen molar-refractivity contribution in [2.45, 2.75) is 70.3 Å². The molecule has 0 bridgehead atoms. The van der Waals surface area contributed by atoms with Crippen LogP contribution in [0.3, 0.4) is 0 Å². The van der Waals surface area contributed by atoms with Gasteiger partial charge in [0, 0.05) is 68.2 Å². The van der Waals surface area contributed by atoms with Crippen LogP contribution in [0.5, 0.6) is 0 Å². The SMILES string of the molecule is C[C@@H]1CN(CC(=O)N2CC(C)(C)c3c2cc(Cc2ccc(F)cc2)c2nn(CC(O)(F)F)c(=O)n32)[C@@H](CN2CCOC[C@H]2C)CN1. The molecule has 2 N–H and O–H groups in total. The minimum Gasteiger partial charge on any atom is -0.379 e. The van der Waals surface area contributed by atoms with E-state index in [4.69, 9.17) is 4.74 Å². The van der Waals surface area contributed by atoms with Gasteiger partial charge in [0.2, 0.25) is 5.91 Å². The number of benzene rings is 1. The van der Waals surface area contributed by atoms with E-state index in [2.05, 4.69) is 34.1 Å². The number of hydrogen-bond donors (Lipinski definition) is 2. The Hall–Kier alpha value is -3.30. The van der Waals surface area contributed by atoms with Crippen LogP contribution in [0.1, 0.15) is 44.5 Å². The molecular weight excluding hydrogens is 603 g/mol. The van der Waals surface area contributed by atoms with Crippen molar-refractivity contribution in [2.75, 3.05) is 57.4 Å². The van der Waals surface area contributed by atoms with Crippen molar-refractivity contribution in [3.63, 3.8) is 0 Å². The third-order valence-corrected chi connectivity index (χ3v) is 9.35. The molecule has 2 saturated heterocycles. The van der Waals surface area contributed by atoms with Gasteiger partial charge in [-0.3, -0.25) is 14.6 Å². The number of alkyl halides is 2. The molecule has 1 amide bonds. The predicted octanol–water partition coefficient (Wildman–Crippen LogP) is 1.82. The number of anilines is 1. The Kier molecular flexibility index (Phi) is 8.78. The van der Waals surface area contributed by atoms with Crippen molar-refractivity contribution in [3.05, 3.63) is 63.5 Å². The van der Waals surface area contributed by atoms with Crippen molar-refractivity contribution < 1.29 is 27.8 Å². The molecule has 6 rings (SSSR count). The van der Waals surface area contributed by atoms with E-state index < -0.39 is 29.6 Å². The molecule has 0 aliphatic carbocycles. The fraction of sp³-hybridized carbons (Fsp3) is 0.594. The highest BCUT2D eigenvalue weighted by Gasteiger charge is 2.43. The van der Waals surface area contributed by atoms with E-state index in [1.54, 1.807) is 23.1 Å². The number of aliphatic hydroxyl groups is 1. The second-order valence-corrected chi connectivity index (χ2v) is 13.6. The first-order valence-electron chi connectivity index (χ1n) is 15.8. The number of nitrogens with one attached hydrogen (secondary N) is 1. The second-order valence-electron chi connectivity index (χ2n) is 13.6. The summed E-state index contributed by atoms with van der Waals surface area (Å²) in [4.78, 5) is 34.2. The largest absolute Gasteiger partial charge is 0.379 e. The quantitative estimate of drug-likeness (QED) is 0.382. The molecule has 46 heavy (non-hydrogen) atoms. The normalized spacial score (nSPS) is 24.1. The van der Waals surface area contributed by atoms with Gasteiger partial charge in [0.1, 0.15) is 12.4 Å². The van der Waals surface area contributed by atoms with Crippen LogP contribution >= 0.6 is 0 Å². The lowest BCUT2D eigenvalue weighted by Crippen LogP contribution is -2.62. The van der Waals surface area contributed by atoms with Gasteiger partial charge >= 0.3 is 11.8 Å². The summed E-state index contributed by atoms with van der Waals surface area (Å²) in [6.07, 6.45) is -3.95.